The molecule has 1 saturated carbocycles. The van der Waals surface area contributed by atoms with Crippen LogP contribution in [0.2, 0.25) is 0 Å². The average molecular weight is 557 g/mol. The van der Waals surface area contributed by atoms with E-state index in [1.807, 2.05) is 30.7 Å². The molecule has 2 aliphatic rings. The van der Waals surface area contributed by atoms with E-state index in [-0.39, 0.29) is 41.8 Å². The van der Waals surface area contributed by atoms with Gasteiger partial charge in [-0.25, -0.2) is 14.3 Å². The molecule has 4 aromatic rings. The van der Waals surface area contributed by atoms with Crippen LogP contribution in [-0.4, -0.2) is 30.9 Å². The summed E-state index contributed by atoms with van der Waals surface area (Å²) in [6.07, 6.45) is 5.95. The highest BCUT2D eigenvalue weighted by molar-refractivity contribution is 5.85. The molecule has 1 aliphatic heterocycles. The zero-order valence-corrected chi connectivity index (χ0v) is 24.0. The quantitative estimate of drug-likeness (QED) is 0.341. The number of nitrogens with one attached hydrogen (secondary N) is 2. The van der Waals surface area contributed by atoms with Crippen LogP contribution in [0.4, 0.5) is 11.6 Å². The summed E-state index contributed by atoms with van der Waals surface area (Å²) < 4.78 is 3.64. The van der Waals surface area contributed by atoms with Crippen molar-refractivity contribution in [1.82, 2.24) is 29.6 Å². The van der Waals surface area contributed by atoms with Gasteiger partial charge >= 0.3 is 0 Å². The van der Waals surface area contributed by atoms with Gasteiger partial charge in [0, 0.05) is 53.7 Å². The summed E-state index contributed by atoms with van der Waals surface area (Å²) in [4.78, 5) is 27.3. The summed E-state index contributed by atoms with van der Waals surface area (Å²) in [6, 6.07) is 10.5. The number of hydrogen-bond donors (Lipinski definition) is 2. The predicted octanol–water partition coefficient (Wildman–Crippen LogP) is 5.58. The fraction of sp³-hybridized carbons (Fsp3) is 0.429. The molecule has 38 heavy (non-hydrogen) atoms. The first-order chi connectivity index (χ1) is 17.2. The van der Waals surface area contributed by atoms with Gasteiger partial charge in [-0.3, -0.25) is 9.78 Å². The second-order valence-corrected chi connectivity index (χ2v) is 11.5. The second kappa shape index (κ2) is 9.98. The van der Waals surface area contributed by atoms with Crippen LogP contribution in [-0.2, 0) is 17.4 Å². The van der Waals surface area contributed by atoms with Gasteiger partial charge in [0.25, 0.3) is 5.56 Å². The molecule has 0 bridgehead atoms. The van der Waals surface area contributed by atoms with E-state index in [0.29, 0.717) is 22.4 Å². The highest BCUT2D eigenvalue weighted by Gasteiger charge is 2.46. The normalized spacial score (nSPS) is 15.6. The van der Waals surface area contributed by atoms with E-state index in [9.17, 15) is 4.79 Å². The Morgan fingerprint density at radius 1 is 1.08 bits per heavy atom. The molecule has 4 heterocycles. The number of benzene rings is 1. The number of halogens is 2. The maximum absolute atomic E-state index is 13.4. The summed E-state index contributed by atoms with van der Waals surface area (Å²) >= 11 is 0. The van der Waals surface area contributed by atoms with Crippen molar-refractivity contribution < 1.29 is 0 Å². The van der Waals surface area contributed by atoms with Crippen LogP contribution >= 0.6 is 24.8 Å². The molecule has 6 rings (SSSR count). The van der Waals surface area contributed by atoms with Gasteiger partial charge < -0.3 is 10.6 Å². The summed E-state index contributed by atoms with van der Waals surface area (Å²) in [6.45, 7) is 12.3. The minimum absolute atomic E-state index is 0. The number of hydrogen-bond acceptors (Lipinski definition) is 6. The SMILES string of the molecule is CC(C)n1c(=O)c2cnc(Nc3ccc4c(c3)CNCC43CC3)nc2n1-c1ccnc(C(C)(C)C)c1.Cl.Cl. The molecule has 0 saturated heterocycles. The number of nitrogens with zero attached hydrogens (tertiary/aromatic N) is 5. The molecular weight excluding hydrogens is 521 g/mol. The predicted molar refractivity (Wildman–Crippen MR) is 157 cm³/mol. The van der Waals surface area contributed by atoms with E-state index in [1.165, 1.54) is 24.0 Å². The molecule has 3 aromatic heterocycles. The van der Waals surface area contributed by atoms with Gasteiger partial charge in [0.1, 0.15) is 5.39 Å². The van der Waals surface area contributed by atoms with Crippen molar-refractivity contribution in [2.75, 3.05) is 11.9 Å². The first kappa shape index (κ1) is 28.1. The highest BCUT2D eigenvalue weighted by Crippen LogP contribution is 2.50. The smallest absolute Gasteiger partial charge is 0.278 e. The minimum atomic E-state index is -0.121. The molecule has 1 aromatic carbocycles. The van der Waals surface area contributed by atoms with Gasteiger partial charge in [-0.15, -0.1) is 24.8 Å². The molecule has 0 unspecified atom stereocenters. The Morgan fingerprint density at radius 3 is 2.53 bits per heavy atom. The molecule has 0 atom stereocenters. The number of pyridine rings is 1. The Hall–Kier alpha value is -2.94. The summed E-state index contributed by atoms with van der Waals surface area (Å²) in [5, 5.41) is 7.44. The van der Waals surface area contributed by atoms with Crippen LogP contribution in [0, 0.1) is 0 Å². The fourth-order valence-electron chi connectivity index (χ4n) is 5.33. The van der Waals surface area contributed by atoms with Crippen LogP contribution in [0.5, 0.6) is 0 Å². The van der Waals surface area contributed by atoms with Gasteiger partial charge in [-0.1, -0.05) is 26.8 Å². The van der Waals surface area contributed by atoms with Crippen molar-refractivity contribution in [2.45, 2.75) is 70.9 Å². The van der Waals surface area contributed by atoms with Crippen molar-refractivity contribution in [2.24, 2.45) is 0 Å². The zero-order chi connectivity index (χ0) is 25.2. The Labute approximate surface area is 235 Å². The number of anilines is 2. The Bertz CT molecular complexity index is 1550. The minimum Gasteiger partial charge on any atom is -0.324 e. The van der Waals surface area contributed by atoms with Crippen molar-refractivity contribution in [3.63, 3.8) is 0 Å². The van der Waals surface area contributed by atoms with Crippen LogP contribution in [0.25, 0.3) is 16.7 Å². The lowest BCUT2D eigenvalue weighted by Gasteiger charge is -2.26. The average Bonchev–Trinajstić information content (AvgIpc) is 3.54. The van der Waals surface area contributed by atoms with E-state index in [0.717, 1.165) is 30.2 Å². The van der Waals surface area contributed by atoms with E-state index in [1.54, 1.807) is 17.1 Å². The van der Waals surface area contributed by atoms with Gasteiger partial charge in [-0.2, -0.15) is 4.98 Å². The molecule has 2 N–H and O–H groups in total. The maximum atomic E-state index is 13.4. The van der Waals surface area contributed by atoms with Gasteiger partial charge in [0.05, 0.1) is 5.69 Å². The molecule has 8 nitrogen and oxygen atoms in total. The van der Waals surface area contributed by atoms with Crippen molar-refractivity contribution >= 4 is 47.5 Å². The Kier molecular flexibility index (Phi) is 7.38. The standard InChI is InChI=1S/C28H33N7O.2ClH/c1-17(2)34-25(36)21-15-31-26(32-19-6-7-22-18(12-19)14-29-16-28(22)9-10-28)33-24(21)35(34)20-8-11-30-23(13-20)27(3,4)5;;/h6-8,11-13,15,17,29H,9-10,14,16H2,1-5H3,(H,31,32,33);2*1H. The first-order valence-electron chi connectivity index (χ1n) is 12.7. The zero-order valence-electron chi connectivity index (χ0n) is 22.4. The van der Waals surface area contributed by atoms with E-state index >= 15 is 0 Å². The lowest BCUT2D eigenvalue weighted by molar-refractivity contribution is 0.474. The van der Waals surface area contributed by atoms with E-state index < -0.39 is 0 Å². The second-order valence-electron chi connectivity index (χ2n) is 11.5. The highest BCUT2D eigenvalue weighted by atomic mass is 35.5. The third kappa shape index (κ3) is 4.70. The molecule has 1 aliphatic carbocycles. The van der Waals surface area contributed by atoms with Gasteiger partial charge in [0.2, 0.25) is 5.95 Å². The lowest BCUT2D eigenvalue weighted by Crippen LogP contribution is -2.33. The Morgan fingerprint density at radius 2 is 1.84 bits per heavy atom. The number of fused-ring (bicyclic) bond motifs is 3. The number of rotatable bonds is 4. The maximum Gasteiger partial charge on any atom is 0.278 e. The summed E-state index contributed by atoms with van der Waals surface area (Å²) in [5.74, 6) is 0.465. The number of aromatic nitrogens is 5. The molecule has 0 radical (unpaired) electrons. The molecular formula is C28H35Cl2N7O. The topological polar surface area (TPSA) is 89.7 Å². The fourth-order valence-corrected chi connectivity index (χ4v) is 5.33. The molecule has 202 valence electrons. The summed E-state index contributed by atoms with van der Waals surface area (Å²) in [7, 11) is 0. The molecule has 10 heteroatoms. The van der Waals surface area contributed by atoms with Crippen LogP contribution < -0.4 is 16.2 Å². The van der Waals surface area contributed by atoms with E-state index in [2.05, 4.69) is 59.6 Å². The first-order valence-corrected chi connectivity index (χ1v) is 12.7. The lowest BCUT2D eigenvalue weighted by atomic mass is 9.88. The van der Waals surface area contributed by atoms with Crippen LogP contribution in [0.1, 0.15) is 70.3 Å². The van der Waals surface area contributed by atoms with Crippen molar-refractivity contribution in [3.8, 4) is 5.69 Å². The van der Waals surface area contributed by atoms with Crippen molar-refractivity contribution in [1.29, 1.82) is 0 Å². The largest absolute Gasteiger partial charge is 0.324 e. The van der Waals surface area contributed by atoms with Gasteiger partial charge in [-0.05, 0) is 62.1 Å². The summed E-state index contributed by atoms with van der Waals surface area (Å²) in [5.41, 5.74) is 6.26. The molecule has 1 fully saturated rings. The Balaban J connectivity index is 0.00000168. The van der Waals surface area contributed by atoms with Crippen LogP contribution in [0.3, 0.4) is 0 Å². The third-order valence-corrected chi connectivity index (χ3v) is 7.43. The third-order valence-electron chi connectivity index (χ3n) is 7.43. The van der Waals surface area contributed by atoms with Crippen LogP contribution in [0.15, 0.2) is 47.5 Å². The monoisotopic (exact) mass is 555 g/mol. The van der Waals surface area contributed by atoms with E-state index in [4.69, 9.17) is 4.98 Å². The van der Waals surface area contributed by atoms with Gasteiger partial charge in [0.15, 0.2) is 5.65 Å². The molecule has 1 spiro atoms. The van der Waals surface area contributed by atoms with Crippen molar-refractivity contribution in [3.05, 3.63) is 69.9 Å². The molecule has 0 amide bonds.